The number of aryl methyl sites for hydroxylation is 2. The van der Waals surface area contributed by atoms with Gasteiger partial charge in [0.25, 0.3) is 5.91 Å². The highest BCUT2D eigenvalue weighted by molar-refractivity contribution is 5.96. The molecular weight excluding hydrogens is 242 g/mol. The van der Waals surface area contributed by atoms with Crippen LogP contribution in [0.15, 0.2) is 6.07 Å². The summed E-state index contributed by atoms with van der Waals surface area (Å²) in [5.41, 5.74) is 0.775. The minimum Gasteiger partial charge on any atom is -0.481 e. The number of aromatic nitrogens is 2. The number of carboxylic acids is 2. The Bertz CT molecular complexity index is 494. The number of rotatable bonds is 5. The molecule has 1 unspecified atom stereocenters. The summed E-state index contributed by atoms with van der Waals surface area (Å²) in [7, 11) is 1.54. The van der Waals surface area contributed by atoms with Gasteiger partial charge in [-0.05, 0) is 13.0 Å². The number of carbonyl (C=O) groups excluding carboxylic acids is 1. The van der Waals surface area contributed by atoms with Crippen LogP contribution in [0.25, 0.3) is 0 Å². The van der Waals surface area contributed by atoms with Gasteiger partial charge in [0.2, 0.25) is 0 Å². The predicted octanol–water partition coefficient (Wildman–Crippen LogP) is -0.614. The lowest BCUT2D eigenvalue weighted by molar-refractivity contribution is -0.145. The lowest BCUT2D eigenvalue weighted by Crippen LogP contribution is -2.42. The van der Waals surface area contributed by atoms with E-state index < -0.39 is 30.3 Å². The van der Waals surface area contributed by atoms with Gasteiger partial charge in [0, 0.05) is 7.05 Å². The molecule has 0 saturated carbocycles. The Labute approximate surface area is 102 Å². The van der Waals surface area contributed by atoms with Crippen molar-refractivity contribution in [2.24, 2.45) is 7.05 Å². The summed E-state index contributed by atoms with van der Waals surface area (Å²) in [6, 6.07) is 0.0138. The van der Waals surface area contributed by atoms with E-state index in [-0.39, 0.29) is 5.69 Å². The number of hydrogen-bond donors (Lipinski definition) is 3. The molecule has 1 atom stereocenters. The zero-order valence-corrected chi connectivity index (χ0v) is 9.88. The van der Waals surface area contributed by atoms with Crippen LogP contribution in [-0.4, -0.2) is 43.9 Å². The minimum atomic E-state index is -1.47. The summed E-state index contributed by atoms with van der Waals surface area (Å²) < 4.78 is 1.30. The first-order valence-electron chi connectivity index (χ1n) is 5.07. The van der Waals surface area contributed by atoms with Gasteiger partial charge in [0.15, 0.2) is 0 Å². The summed E-state index contributed by atoms with van der Waals surface area (Å²) in [6.45, 7) is 1.68. The van der Waals surface area contributed by atoms with Crippen molar-refractivity contribution >= 4 is 17.8 Å². The predicted molar refractivity (Wildman–Crippen MR) is 59.1 cm³/mol. The van der Waals surface area contributed by atoms with Crippen LogP contribution in [0.4, 0.5) is 0 Å². The molecule has 0 spiro atoms. The molecule has 8 heteroatoms. The third-order valence-corrected chi connectivity index (χ3v) is 2.22. The van der Waals surface area contributed by atoms with E-state index in [2.05, 4.69) is 10.4 Å². The molecule has 0 aliphatic heterocycles. The quantitative estimate of drug-likeness (QED) is 0.645. The zero-order valence-electron chi connectivity index (χ0n) is 9.88. The Hall–Kier alpha value is -2.38. The molecule has 1 rings (SSSR count). The molecule has 1 aromatic heterocycles. The monoisotopic (exact) mass is 255 g/mol. The highest BCUT2D eigenvalue weighted by Crippen LogP contribution is 2.03. The van der Waals surface area contributed by atoms with Crippen molar-refractivity contribution in [1.82, 2.24) is 15.1 Å². The Kier molecular flexibility index (Phi) is 4.03. The Morgan fingerprint density at radius 2 is 2.06 bits per heavy atom. The molecular formula is C10H13N3O5. The molecule has 0 fully saturated rings. The van der Waals surface area contributed by atoms with Crippen molar-refractivity contribution in [3.63, 3.8) is 0 Å². The molecule has 1 heterocycles. The van der Waals surface area contributed by atoms with E-state index in [4.69, 9.17) is 10.2 Å². The number of carbonyl (C=O) groups is 3. The van der Waals surface area contributed by atoms with Crippen LogP contribution in [0.1, 0.15) is 22.6 Å². The fraction of sp³-hybridized carbons (Fsp3) is 0.400. The number of carboxylic acid groups (broad SMARTS) is 2. The maximum absolute atomic E-state index is 11.7. The van der Waals surface area contributed by atoms with Gasteiger partial charge in [-0.2, -0.15) is 5.10 Å². The summed E-state index contributed by atoms with van der Waals surface area (Å²) in [5, 5.41) is 23.4. The van der Waals surface area contributed by atoms with Crippen molar-refractivity contribution in [1.29, 1.82) is 0 Å². The molecule has 3 N–H and O–H groups in total. The maximum atomic E-state index is 11.7. The number of aliphatic carboxylic acids is 2. The van der Waals surface area contributed by atoms with Crippen LogP contribution in [0.5, 0.6) is 0 Å². The van der Waals surface area contributed by atoms with E-state index in [1.807, 2.05) is 0 Å². The lowest BCUT2D eigenvalue weighted by Gasteiger charge is -2.12. The maximum Gasteiger partial charge on any atom is 0.326 e. The Morgan fingerprint density at radius 3 is 2.44 bits per heavy atom. The first-order chi connectivity index (χ1) is 8.31. The molecule has 0 saturated heterocycles. The van der Waals surface area contributed by atoms with E-state index >= 15 is 0 Å². The first-order valence-corrected chi connectivity index (χ1v) is 5.07. The van der Waals surface area contributed by atoms with E-state index in [9.17, 15) is 14.4 Å². The molecule has 0 aliphatic rings. The summed E-state index contributed by atoms with van der Waals surface area (Å²) >= 11 is 0. The summed E-state index contributed by atoms with van der Waals surface area (Å²) in [5.74, 6) is -3.37. The van der Waals surface area contributed by atoms with E-state index in [0.29, 0.717) is 5.69 Å². The van der Waals surface area contributed by atoms with Crippen LogP contribution >= 0.6 is 0 Å². The Balaban J connectivity index is 2.81. The van der Waals surface area contributed by atoms with Gasteiger partial charge < -0.3 is 15.5 Å². The molecule has 1 amide bonds. The molecule has 1 aromatic rings. The molecule has 18 heavy (non-hydrogen) atoms. The molecule has 0 radical (unpaired) electrons. The van der Waals surface area contributed by atoms with Gasteiger partial charge in [-0.15, -0.1) is 0 Å². The second kappa shape index (κ2) is 5.30. The van der Waals surface area contributed by atoms with Crippen molar-refractivity contribution in [2.75, 3.05) is 0 Å². The third kappa shape index (κ3) is 3.30. The normalized spacial score (nSPS) is 11.9. The van der Waals surface area contributed by atoms with Crippen molar-refractivity contribution in [2.45, 2.75) is 19.4 Å². The second-order valence-corrected chi connectivity index (χ2v) is 3.76. The third-order valence-electron chi connectivity index (χ3n) is 2.22. The number of nitrogens with one attached hydrogen (secondary N) is 1. The standard InChI is InChI=1S/C10H13N3O5/c1-5-3-7(13(2)12-5)9(16)11-6(10(17)18)4-8(14)15/h3,6H,4H2,1-2H3,(H,11,16)(H,14,15)(H,17,18). The minimum absolute atomic E-state index is 0.170. The first kappa shape index (κ1) is 13.7. The average molecular weight is 255 g/mol. The summed E-state index contributed by atoms with van der Waals surface area (Å²) in [4.78, 5) is 33.0. The average Bonchev–Trinajstić information content (AvgIpc) is 2.56. The van der Waals surface area contributed by atoms with Gasteiger partial charge in [-0.25, -0.2) is 4.79 Å². The van der Waals surface area contributed by atoms with Crippen LogP contribution in [0.3, 0.4) is 0 Å². The van der Waals surface area contributed by atoms with Crippen LogP contribution in [-0.2, 0) is 16.6 Å². The molecule has 0 bridgehead atoms. The van der Waals surface area contributed by atoms with Crippen molar-refractivity contribution in [3.05, 3.63) is 17.5 Å². The zero-order chi connectivity index (χ0) is 13.9. The molecule has 98 valence electrons. The topological polar surface area (TPSA) is 122 Å². The molecule has 0 aromatic carbocycles. The molecule has 8 nitrogen and oxygen atoms in total. The largest absolute Gasteiger partial charge is 0.481 e. The Morgan fingerprint density at radius 1 is 1.44 bits per heavy atom. The van der Waals surface area contributed by atoms with E-state index in [0.717, 1.165) is 0 Å². The second-order valence-electron chi connectivity index (χ2n) is 3.76. The van der Waals surface area contributed by atoms with Crippen molar-refractivity contribution in [3.8, 4) is 0 Å². The highest BCUT2D eigenvalue weighted by Gasteiger charge is 2.24. The van der Waals surface area contributed by atoms with Gasteiger partial charge in [-0.1, -0.05) is 0 Å². The fourth-order valence-corrected chi connectivity index (χ4v) is 1.43. The van der Waals surface area contributed by atoms with Crippen LogP contribution < -0.4 is 5.32 Å². The van der Waals surface area contributed by atoms with Gasteiger partial charge in [0.1, 0.15) is 11.7 Å². The lowest BCUT2D eigenvalue weighted by atomic mass is 10.2. The number of nitrogens with zero attached hydrogens (tertiary/aromatic N) is 2. The fourth-order valence-electron chi connectivity index (χ4n) is 1.43. The van der Waals surface area contributed by atoms with Crippen LogP contribution in [0.2, 0.25) is 0 Å². The van der Waals surface area contributed by atoms with Gasteiger partial charge in [-0.3, -0.25) is 14.3 Å². The summed E-state index contributed by atoms with van der Waals surface area (Å²) in [6.07, 6.45) is -0.683. The molecule has 0 aliphatic carbocycles. The van der Waals surface area contributed by atoms with Gasteiger partial charge in [0.05, 0.1) is 12.1 Å². The van der Waals surface area contributed by atoms with Crippen LogP contribution in [0, 0.1) is 6.92 Å². The van der Waals surface area contributed by atoms with Crippen molar-refractivity contribution < 1.29 is 24.6 Å². The van der Waals surface area contributed by atoms with Gasteiger partial charge >= 0.3 is 11.9 Å². The van der Waals surface area contributed by atoms with E-state index in [1.165, 1.54) is 17.8 Å². The SMILES string of the molecule is Cc1cc(C(=O)NC(CC(=O)O)C(=O)O)n(C)n1. The number of hydrogen-bond acceptors (Lipinski definition) is 4. The highest BCUT2D eigenvalue weighted by atomic mass is 16.4. The van der Waals surface area contributed by atoms with E-state index in [1.54, 1.807) is 6.92 Å². The number of amides is 1. The smallest absolute Gasteiger partial charge is 0.326 e.